The van der Waals surface area contributed by atoms with Gasteiger partial charge in [-0.25, -0.2) is 0 Å². The van der Waals surface area contributed by atoms with Crippen LogP contribution in [0.4, 0.5) is 0 Å². The van der Waals surface area contributed by atoms with Crippen LogP contribution >= 0.6 is 23.2 Å². The number of carbonyl (C=O) groups is 2. The standard InChI is InChI=1S/C10H12Cl2N2O3/c1-3-17-8(15)5-13-10(16)7-4-6(11)9(12)14(7)2/h4H,3,5H2,1-2H3,(H,13,16). The molecule has 94 valence electrons. The Bertz CT molecular complexity index is 443. The zero-order valence-electron chi connectivity index (χ0n) is 9.42. The zero-order chi connectivity index (χ0) is 13.0. The minimum atomic E-state index is -0.493. The van der Waals surface area contributed by atoms with Crippen molar-refractivity contribution in [3.8, 4) is 0 Å². The number of aromatic nitrogens is 1. The summed E-state index contributed by atoms with van der Waals surface area (Å²) in [6.45, 7) is 1.78. The highest BCUT2D eigenvalue weighted by Crippen LogP contribution is 2.24. The van der Waals surface area contributed by atoms with Gasteiger partial charge < -0.3 is 14.6 Å². The summed E-state index contributed by atoms with van der Waals surface area (Å²) in [4.78, 5) is 22.7. The Balaban J connectivity index is 2.64. The topological polar surface area (TPSA) is 60.3 Å². The van der Waals surface area contributed by atoms with Gasteiger partial charge in [0.2, 0.25) is 0 Å². The Hall–Kier alpha value is -1.20. The molecule has 1 N–H and O–H groups in total. The van der Waals surface area contributed by atoms with E-state index in [2.05, 4.69) is 10.1 Å². The van der Waals surface area contributed by atoms with Crippen molar-refractivity contribution < 1.29 is 14.3 Å². The molecule has 0 aliphatic rings. The first kappa shape index (κ1) is 13.9. The molecule has 17 heavy (non-hydrogen) atoms. The van der Waals surface area contributed by atoms with Crippen LogP contribution in [0, 0.1) is 0 Å². The highest BCUT2D eigenvalue weighted by molar-refractivity contribution is 6.41. The first-order valence-corrected chi connectivity index (χ1v) is 5.67. The van der Waals surface area contributed by atoms with Crippen LogP contribution in [0.5, 0.6) is 0 Å². The lowest BCUT2D eigenvalue weighted by Gasteiger charge is -2.05. The van der Waals surface area contributed by atoms with E-state index >= 15 is 0 Å². The highest BCUT2D eigenvalue weighted by Gasteiger charge is 2.16. The van der Waals surface area contributed by atoms with Crippen LogP contribution in [0.3, 0.4) is 0 Å². The van der Waals surface area contributed by atoms with Gasteiger partial charge in [0.1, 0.15) is 17.4 Å². The molecule has 7 heteroatoms. The summed E-state index contributed by atoms with van der Waals surface area (Å²) in [6, 6.07) is 1.43. The predicted octanol–water partition coefficient (Wildman–Crippen LogP) is 1.62. The first-order chi connectivity index (χ1) is 7.97. The number of rotatable bonds is 4. The largest absolute Gasteiger partial charge is 0.465 e. The molecule has 0 fully saturated rings. The SMILES string of the molecule is CCOC(=O)CNC(=O)c1cc(Cl)c(Cl)n1C. The van der Waals surface area contributed by atoms with Crippen LogP contribution in [0.1, 0.15) is 17.4 Å². The van der Waals surface area contributed by atoms with E-state index in [4.69, 9.17) is 23.2 Å². The van der Waals surface area contributed by atoms with Gasteiger partial charge in [-0.2, -0.15) is 0 Å². The fraction of sp³-hybridized carbons (Fsp3) is 0.400. The molecule has 1 aromatic heterocycles. The number of nitrogens with one attached hydrogen (secondary N) is 1. The number of hydrogen-bond acceptors (Lipinski definition) is 3. The van der Waals surface area contributed by atoms with Crippen LogP contribution in [-0.4, -0.2) is 29.6 Å². The third-order valence-corrected chi connectivity index (χ3v) is 2.89. The average Bonchev–Trinajstić information content (AvgIpc) is 2.54. The van der Waals surface area contributed by atoms with Crippen LogP contribution < -0.4 is 5.32 Å². The van der Waals surface area contributed by atoms with Gasteiger partial charge >= 0.3 is 5.97 Å². The summed E-state index contributed by atoms with van der Waals surface area (Å²) in [6.07, 6.45) is 0. The van der Waals surface area contributed by atoms with Gasteiger partial charge in [0.25, 0.3) is 5.91 Å². The molecule has 0 atom stereocenters. The third kappa shape index (κ3) is 3.38. The maximum atomic E-state index is 11.7. The third-order valence-electron chi connectivity index (χ3n) is 2.05. The summed E-state index contributed by atoms with van der Waals surface area (Å²) in [5.74, 6) is -0.929. The second-order valence-corrected chi connectivity index (χ2v) is 3.98. The summed E-state index contributed by atoms with van der Waals surface area (Å²) in [7, 11) is 1.60. The lowest BCUT2D eigenvalue weighted by Crippen LogP contribution is -2.31. The van der Waals surface area contributed by atoms with Crippen LogP contribution in [0.2, 0.25) is 10.2 Å². The van der Waals surface area contributed by atoms with E-state index in [0.29, 0.717) is 0 Å². The van der Waals surface area contributed by atoms with Crippen LogP contribution in [0.15, 0.2) is 6.07 Å². The van der Waals surface area contributed by atoms with Gasteiger partial charge in [-0.05, 0) is 13.0 Å². The molecule has 1 amide bonds. The zero-order valence-corrected chi connectivity index (χ0v) is 10.9. The Morgan fingerprint density at radius 3 is 2.59 bits per heavy atom. The smallest absolute Gasteiger partial charge is 0.325 e. The normalized spacial score (nSPS) is 10.1. The minimum Gasteiger partial charge on any atom is -0.465 e. The molecule has 1 rings (SSSR count). The first-order valence-electron chi connectivity index (χ1n) is 4.92. The molecule has 0 aliphatic heterocycles. The van der Waals surface area contributed by atoms with Gasteiger partial charge in [0.15, 0.2) is 0 Å². The molecule has 5 nitrogen and oxygen atoms in total. The Morgan fingerprint density at radius 2 is 2.12 bits per heavy atom. The molecule has 0 saturated heterocycles. The molecule has 0 bridgehead atoms. The van der Waals surface area contributed by atoms with Gasteiger partial charge in [-0.3, -0.25) is 9.59 Å². The molecule has 0 spiro atoms. The van der Waals surface area contributed by atoms with Gasteiger partial charge in [0.05, 0.1) is 11.6 Å². The molecule has 1 heterocycles. The van der Waals surface area contributed by atoms with E-state index in [1.165, 1.54) is 10.6 Å². The molecular formula is C10H12Cl2N2O3. The quantitative estimate of drug-likeness (QED) is 0.852. The maximum absolute atomic E-state index is 11.7. The lowest BCUT2D eigenvalue weighted by molar-refractivity contribution is -0.141. The van der Waals surface area contributed by atoms with Gasteiger partial charge in [-0.1, -0.05) is 23.2 Å². The lowest BCUT2D eigenvalue weighted by atomic mass is 10.4. The van der Waals surface area contributed by atoms with E-state index < -0.39 is 11.9 Å². The number of amides is 1. The van der Waals surface area contributed by atoms with Crippen molar-refractivity contribution in [2.75, 3.05) is 13.2 Å². The fourth-order valence-corrected chi connectivity index (χ4v) is 1.59. The fourth-order valence-electron chi connectivity index (χ4n) is 1.22. The average molecular weight is 279 g/mol. The molecule has 0 aromatic carbocycles. The number of esters is 1. The maximum Gasteiger partial charge on any atom is 0.325 e. The Kier molecular flexibility index (Phi) is 4.84. The van der Waals surface area contributed by atoms with Crippen molar-refractivity contribution in [2.24, 2.45) is 7.05 Å². The van der Waals surface area contributed by atoms with Crippen molar-refractivity contribution in [3.05, 3.63) is 21.9 Å². The summed E-state index contributed by atoms with van der Waals surface area (Å²) >= 11 is 11.6. The predicted molar refractivity (Wildman–Crippen MR) is 64.4 cm³/mol. The van der Waals surface area contributed by atoms with Crippen molar-refractivity contribution in [3.63, 3.8) is 0 Å². The summed E-state index contributed by atoms with van der Waals surface area (Å²) in [5, 5.41) is 2.97. The second-order valence-electron chi connectivity index (χ2n) is 3.22. The van der Waals surface area contributed by atoms with E-state index in [1.54, 1.807) is 14.0 Å². The van der Waals surface area contributed by atoms with Crippen molar-refractivity contribution in [2.45, 2.75) is 6.92 Å². The molecule has 0 aliphatic carbocycles. The molecule has 0 saturated carbocycles. The number of ether oxygens (including phenoxy) is 1. The highest BCUT2D eigenvalue weighted by atomic mass is 35.5. The summed E-state index contributed by atoms with van der Waals surface area (Å²) in [5.41, 5.74) is 0.282. The Morgan fingerprint density at radius 1 is 1.47 bits per heavy atom. The number of hydrogen-bond donors (Lipinski definition) is 1. The Labute approximate surface area is 109 Å². The van der Waals surface area contributed by atoms with Gasteiger partial charge in [-0.15, -0.1) is 0 Å². The molecular weight excluding hydrogens is 267 g/mol. The van der Waals surface area contributed by atoms with E-state index in [9.17, 15) is 9.59 Å². The van der Waals surface area contributed by atoms with Crippen molar-refractivity contribution >= 4 is 35.1 Å². The summed E-state index contributed by atoms with van der Waals surface area (Å²) < 4.78 is 6.11. The van der Waals surface area contributed by atoms with E-state index in [0.717, 1.165) is 0 Å². The number of nitrogens with zero attached hydrogens (tertiary/aromatic N) is 1. The second kappa shape index (κ2) is 5.93. The number of carbonyl (C=O) groups excluding carboxylic acids is 2. The minimum absolute atomic E-state index is 0.187. The molecule has 1 aromatic rings. The van der Waals surface area contributed by atoms with E-state index in [-0.39, 0.29) is 29.0 Å². The number of halogens is 2. The molecule has 0 radical (unpaired) electrons. The monoisotopic (exact) mass is 278 g/mol. The van der Waals surface area contributed by atoms with Crippen LogP contribution in [0.25, 0.3) is 0 Å². The van der Waals surface area contributed by atoms with Crippen LogP contribution in [-0.2, 0) is 16.6 Å². The van der Waals surface area contributed by atoms with Gasteiger partial charge in [0, 0.05) is 7.05 Å². The van der Waals surface area contributed by atoms with Crippen molar-refractivity contribution in [1.82, 2.24) is 9.88 Å². The molecule has 0 unspecified atom stereocenters. The van der Waals surface area contributed by atoms with E-state index in [1.807, 2.05) is 0 Å². The van der Waals surface area contributed by atoms with Crippen molar-refractivity contribution in [1.29, 1.82) is 0 Å².